The van der Waals surface area contributed by atoms with Crippen LogP contribution in [0.2, 0.25) is 0 Å². The van der Waals surface area contributed by atoms with Gasteiger partial charge in [0.15, 0.2) is 0 Å². The fourth-order valence-corrected chi connectivity index (χ4v) is 1.18. The molecular weight excluding hydrogens is 246 g/mol. The number of nitrogens with one attached hydrogen (secondary N) is 1. The van der Waals surface area contributed by atoms with Gasteiger partial charge in [0.05, 0.1) is 6.61 Å². The molecule has 1 aromatic rings. The number of carbonyl (C=O) groups excluding carboxylic acids is 1. The zero-order valence-corrected chi connectivity index (χ0v) is 9.50. The van der Waals surface area contributed by atoms with Crippen LogP contribution < -0.4 is 10.1 Å². The topological polar surface area (TPSA) is 38.3 Å². The third kappa shape index (κ3) is 3.79. The lowest BCUT2D eigenvalue weighted by Crippen LogP contribution is -2.14. The molecule has 0 aliphatic carbocycles. The van der Waals surface area contributed by atoms with Crippen LogP contribution in [0, 0.1) is 0 Å². The van der Waals surface area contributed by atoms with E-state index in [1.807, 2.05) is 31.2 Å². The van der Waals surface area contributed by atoms with Crippen LogP contribution in [0.3, 0.4) is 0 Å². The van der Waals surface area contributed by atoms with Crippen LogP contribution in [0.4, 0.5) is 4.79 Å². The first kappa shape index (κ1) is 11.0. The molecule has 0 fully saturated rings. The van der Waals surface area contributed by atoms with E-state index < -0.39 is 0 Å². The Morgan fingerprint density at radius 3 is 2.57 bits per heavy atom. The second kappa shape index (κ2) is 5.65. The Bertz CT molecular complexity index is 297. The van der Waals surface area contributed by atoms with Gasteiger partial charge in [0.2, 0.25) is 0 Å². The Hall–Kier alpha value is -1.03. The summed E-state index contributed by atoms with van der Waals surface area (Å²) in [6.45, 7) is 3.13. The van der Waals surface area contributed by atoms with E-state index in [1.165, 1.54) is 0 Å². The maximum atomic E-state index is 10.6. The van der Waals surface area contributed by atoms with Crippen molar-refractivity contribution in [3.63, 3.8) is 0 Å². The minimum atomic E-state index is -0.202. The lowest BCUT2D eigenvalue weighted by molar-refractivity contribution is 0.261. The predicted octanol–water partition coefficient (Wildman–Crippen LogP) is 2.69. The van der Waals surface area contributed by atoms with Crippen molar-refractivity contribution in [1.29, 1.82) is 0 Å². The summed E-state index contributed by atoms with van der Waals surface area (Å²) in [6, 6.07) is 7.63. The van der Waals surface area contributed by atoms with E-state index >= 15 is 0 Å². The number of carbonyl (C=O) groups is 1. The van der Waals surface area contributed by atoms with Gasteiger partial charge in [-0.1, -0.05) is 12.1 Å². The highest BCUT2D eigenvalue weighted by atomic mass is 79.9. The number of ether oxygens (including phenoxy) is 1. The highest BCUT2D eigenvalue weighted by molar-refractivity contribution is 9.18. The second-order valence-corrected chi connectivity index (χ2v) is 3.42. The monoisotopic (exact) mass is 257 g/mol. The lowest BCUT2D eigenvalue weighted by Gasteiger charge is -2.04. The molecule has 4 heteroatoms. The van der Waals surface area contributed by atoms with E-state index in [1.54, 1.807) is 0 Å². The van der Waals surface area contributed by atoms with Crippen LogP contribution in [-0.2, 0) is 6.54 Å². The maximum absolute atomic E-state index is 10.6. The normalized spacial score (nSPS) is 9.57. The summed E-state index contributed by atoms with van der Waals surface area (Å²) in [5, 5.41) is 2.65. The molecular formula is C10H12BrNO2. The number of hydrogen-bond acceptors (Lipinski definition) is 2. The molecule has 0 radical (unpaired) electrons. The highest BCUT2D eigenvalue weighted by Gasteiger charge is 1.96. The van der Waals surface area contributed by atoms with Crippen molar-refractivity contribution in [3.05, 3.63) is 29.8 Å². The lowest BCUT2D eigenvalue weighted by atomic mass is 10.2. The second-order valence-electron chi connectivity index (χ2n) is 2.70. The average Bonchev–Trinajstić information content (AvgIpc) is 2.17. The first-order chi connectivity index (χ1) is 6.72. The molecule has 14 heavy (non-hydrogen) atoms. The SMILES string of the molecule is CCOc1ccc(CNC(=O)Br)cc1. The summed E-state index contributed by atoms with van der Waals surface area (Å²) in [4.78, 5) is 10.4. The van der Waals surface area contributed by atoms with E-state index in [2.05, 4.69) is 21.2 Å². The van der Waals surface area contributed by atoms with Crippen molar-refractivity contribution in [3.8, 4) is 5.75 Å². The van der Waals surface area contributed by atoms with Gasteiger partial charge in [-0.3, -0.25) is 4.79 Å². The minimum Gasteiger partial charge on any atom is -0.494 e. The molecule has 76 valence electrons. The number of hydrogen-bond donors (Lipinski definition) is 1. The molecule has 0 bridgehead atoms. The Balaban J connectivity index is 2.50. The number of halogens is 1. The summed E-state index contributed by atoms with van der Waals surface area (Å²) in [5.41, 5.74) is 1.04. The summed E-state index contributed by atoms with van der Waals surface area (Å²) >= 11 is 2.80. The van der Waals surface area contributed by atoms with E-state index in [0.717, 1.165) is 11.3 Å². The van der Waals surface area contributed by atoms with Crippen LogP contribution in [-0.4, -0.2) is 11.4 Å². The molecule has 0 atom stereocenters. The molecule has 0 heterocycles. The van der Waals surface area contributed by atoms with Crippen LogP contribution in [0.1, 0.15) is 12.5 Å². The molecule has 0 unspecified atom stereocenters. The van der Waals surface area contributed by atoms with Crippen molar-refractivity contribution in [2.24, 2.45) is 0 Å². The zero-order valence-electron chi connectivity index (χ0n) is 7.92. The molecule has 1 N–H and O–H groups in total. The fourth-order valence-electron chi connectivity index (χ4n) is 1.04. The van der Waals surface area contributed by atoms with E-state index in [-0.39, 0.29) is 4.82 Å². The van der Waals surface area contributed by atoms with Gasteiger partial charge in [-0.05, 0) is 24.6 Å². The van der Waals surface area contributed by atoms with Crippen molar-refractivity contribution in [1.82, 2.24) is 5.32 Å². The van der Waals surface area contributed by atoms with Crippen molar-refractivity contribution in [2.45, 2.75) is 13.5 Å². The number of benzene rings is 1. The molecule has 3 nitrogen and oxygen atoms in total. The summed E-state index contributed by atoms with van der Waals surface area (Å²) in [5.74, 6) is 0.849. The maximum Gasteiger partial charge on any atom is 0.287 e. The average molecular weight is 258 g/mol. The van der Waals surface area contributed by atoms with Crippen LogP contribution >= 0.6 is 15.9 Å². The van der Waals surface area contributed by atoms with Gasteiger partial charge < -0.3 is 10.1 Å². The van der Waals surface area contributed by atoms with E-state index in [9.17, 15) is 4.79 Å². The molecule has 1 rings (SSSR count). The van der Waals surface area contributed by atoms with Gasteiger partial charge in [0.25, 0.3) is 4.82 Å². The van der Waals surface area contributed by atoms with Gasteiger partial charge >= 0.3 is 0 Å². The Morgan fingerprint density at radius 2 is 2.07 bits per heavy atom. The standard InChI is InChI=1S/C10H12BrNO2/c1-2-14-9-5-3-8(4-6-9)7-12-10(11)13/h3-6H,2,7H2,1H3,(H,12,13). The quantitative estimate of drug-likeness (QED) is 0.666. The van der Waals surface area contributed by atoms with Crippen molar-refractivity contribution in [2.75, 3.05) is 6.61 Å². The Kier molecular flexibility index (Phi) is 4.46. The molecule has 1 amide bonds. The first-order valence-corrected chi connectivity index (χ1v) is 5.16. The van der Waals surface area contributed by atoms with Gasteiger partial charge in [0, 0.05) is 22.5 Å². The van der Waals surface area contributed by atoms with E-state index in [0.29, 0.717) is 13.2 Å². The molecule has 1 aromatic carbocycles. The molecule has 0 aliphatic rings. The third-order valence-corrected chi connectivity index (χ3v) is 1.95. The molecule has 0 saturated carbocycles. The third-order valence-electron chi connectivity index (χ3n) is 1.67. The largest absolute Gasteiger partial charge is 0.494 e. The van der Waals surface area contributed by atoms with Crippen LogP contribution in [0.25, 0.3) is 0 Å². The van der Waals surface area contributed by atoms with Gasteiger partial charge in [-0.25, -0.2) is 0 Å². The fraction of sp³-hybridized carbons (Fsp3) is 0.300. The molecule has 0 saturated heterocycles. The zero-order chi connectivity index (χ0) is 10.4. The molecule has 0 spiro atoms. The first-order valence-electron chi connectivity index (χ1n) is 4.37. The van der Waals surface area contributed by atoms with E-state index in [4.69, 9.17) is 4.74 Å². The highest BCUT2D eigenvalue weighted by Crippen LogP contribution is 2.11. The van der Waals surface area contributed by atoms with Gasteiger partial charge in [-0.15, -0.1) is 0 Å². The summed E-state index contributed by atoms with van der Waals surface area (Å²) < 4.78 is 5.29. The summed E-state index contributed by atoms with van der Waals surface area (Å²) in [7, 11) is 0. The molecule has 0 aliphatic heterocycles. The Labute approximate surface area is 91.6 Å². The van der Waals surface area contributed by atoms with Crippen LogP contribution in [0.5, 0.6) is 5.75 Å². The van der Waals surface area contributed by atoms with Crippen molar-refractivity contribution < 1.29 is 9.53 Å². The number of amides is 1. The minimum absolute atomic E-state index is 0.202. The van der Waals surface area contributed by atoms with Crippen LogP contribution in [0.15, 0.2) is 24.3 Å². The van der Waals surface area contributed by atoms with Gasteiger partial charge in [0.1, 0.15) is 5.75 Å². The molecule has 0 aromatic heterocycles. The smallest absolute Gasteiger partial charge is 0.287 e. The number of rotatable bonds is 4. The Morgan fingerprint density at radius 1 is 1.43 bits per heavy atom. The predicted molar refractivity (Wildman–Crippen MR) is 58.8 cm³/mol. The van der Waals surface area contributed by atoms with Crippen molar-refractivity contribution >= 4 is 20.7 Å². The summed E-state index contributed by atoms with van der Waals surface area (Å²) in [6.07, 6.45) is 0. The van der Waals surface area contributed by atoms with Gasteiger partial charge in [-0.2, -0.15) is 0 Å².